The Balaban J connectivity index is 2.36. The SMILES string of the molecule is CC(C)(CNC1CCN(C(N)=O)CC1)NS(C)(=O)=O. The van der Waals surface area contributed by atoms with Crippen molar-refractivity contribution < 1.29 is 13.2 Å². The molecule has 1 aliphatic rings. The second-order valence-electron chi connectivity index (χ2n) is 5.74. The minimum absolute atomic E-state index is 0.288. The molecule has 0 aromatic carbocycles. The monoisotopic (exact) mass is 292 g/mol. The van der Waals surface area contributed by atoms with Gasteiger partial charge in [0.1, 0.15) is 0 Å². The Morgan fingerprint density at radius 2 is 1.89 bits per heavy atom. The van der Waals surface area contributed by atoms with E-state index in [2.05, 4.69) is 10.0 Å². The van der Waals surface area contributed by atoms with E-state index in [0.29, 0.717) is 19.6 Å². The third-order valence-corrected chi connectivity index (χ3v) is 4.02. The smallest absolute Gasteiger partial charge is 0.314 e. The van der Waals surface area contributed by atoms with Gasteiger partial charge in [0.25, 0.3) is 0 Å². The summed E-state index contributed by atoms with van der Waals surface area (Å²) in [4.78, 5) is 12.6. The zero-order valence-electron chi connectivity index (χ0n) is 11.8. The molecule has 0 aromatic heterocycles. The van der Waals surface area contributed by atoms with Crippen molar-refractivity contribution in [1.82, 2.24) is 14.9 Å². The number of nitrogens with two attached hydrogens (primary N) is 1. The van der Waals surface area contributed by atoms with Crippen molar-refractivity contribution in [3.63, 3.8) is 0 Å². The lowest BCUT2D eigenvalue weighted by Gasteiger charge is -2.34. The van der Waals surface area contributed by atoms with Crippen molar-refractivity contribution in [1.29, 1.82) is 0 Å². The molecule has 0 atom stereocenters. The van der Waals surface area contributed by atoms with Crippen LogP contribution < -0.4 is 15.8 Å². The lowest BCUT2D eigenvalue weighted by atomic mass is 10.0. The molecule has 1 saturated heterocycles. The van der Waals surface area contributed by atoms with Crippen LogP contribution in [0.25, 0.3) is 0 Å². The zero-order valence-corrected chi connectivity index (χ0v) is 12.6. The summed E-state index contributed by atoms with van der Waals surface area (Å²) in [6.07, 6.45) is 2.82. The summed E-state index contributed by atoms with van der Waals surface area (Å²) in [5, 5.41) is 3.34. The lowest BCUT2D eigenvalue weighted by molar-refractivity contribution is 0.183. The first-order valence-corrected chi connectivity index (χ1v) is 8.25. The first-order chi connectivity index (χ1) is 8.59. The third kappa shape index (κ3) is 6.22. The fourth-order valence-electron chi connectivity index (χ4n) is 2.24. The lowest BCUT2D eigenvalue weighted by Crippen LogP contribution is -2.54. The van der Waals surface area contributed by atoms with Crippen molar-refractivity contribution in [3.05, 3.63) is 0 Å². The molecule has 8 heteroatoms. The summed E-state index contributed by atoms with van der Waals surface area (Å²) < 4.78 is 25.0. The predicted octanol–water partition coefficient (Wildman–Crippen LogP) is -0.553. The van der Waals surface area contributed by atoms with Crippen molar-refractivity contribution >= 4 is 16.1 Å². The van der Waals surface area contributed by atoms with E-state index >= 15 is 0 Å². The molecule has 0 unspecified atom stereocenters. The average Bonchev–Trinajstić information content (AvgIpc) is 2.24. The van der Waals surface area contributed by atoms with Crippen LogP contribution >= 0.6 is 0 Å². The standard InChI is InChI=1S/C11H24N4O3S/c1-11(2,14-19(3,17)18)8-13-9-4-6-15(7-5-9)10(12)16/h9,13-14H,4-8H2,1-3H3,(H2,12,16). The molecular weight excluding hydrogens is 268 g/mol. The Morgan fingerprint density at radius 1 is 1.37 bits per heavy atom. The quantitative estimate of drug-likeness (QED) is 0.632. The van der Waals surface area contributed by atoms with Crippen molar-refractivity contribution in [3.8, 4) is 0 Å². The van der Waals surface area contributed by atoms with Gasteiger partial charge in [0, 0.05) is 31.2 Å². The van der Waals surface area contributed by atoms with Gasteiger partial charge in [-0.25, -0.2) is 17.9 Å². The van der Waals surface area contributed by atoms with Crippen LogP contribution in [0.15, 0.2) is 0 Å². The molecule has 7 nitrogen and oxygen atoms in total. The summed E-state index contributed by atoms with van der Waals surface area (Å²) in [5.74, 6) is 0. The maximum atomic E-state index is 11.2. The van der Waals surface area contributed by atoms with E-state index in [4.69, 9.17) is 5.73 Å². The fourth-order valence-corrected chi connectivity index (χ4v) is 3.32. The van der Waals surface area contributed by atoms with Gasteiger partial charge in [-0.1, -0.05) is 0 Å². The molecule has 0 saturated carbocycles. The van der Waals surface area contributed by atoms with E-state index in [1.165, 1.54) is 0 Å². The molecule has 0 aromatic rings. The Kier molecular flexibility index (Phi) is 5.17. The van der Waals surface area contributed by atoms with Gasteiger partial charge >= 0.3 is 6.03 Å². The number of hydrogen-bond donors (Lipinski definition) is 3. The van der Waals surface area contributed by atoms with Crippen LogP contribution in [-0.4, -0.2) is 56.8 Å². The zero-order chi connectivity index (χ0) is 14.7. The summed E-state index contributed by atoms with van der Waals surface area (Å²) in [6, 6.07) is -0.0891. The maximum absolute atomic E-state index is 11.2. The molecule has 0 aliphatic carbocycles. The number of carbonyl (C=O) groups is 1. The molecule has 4 N–H and O–H groups in total. The topological polar surface area (TPSA) is 105 Å². The van der Waals surface area contributed by atoms with Crippen LogP contribution in [0.5, 0.6) is 0 Å². The normalized spacial score (nSPS) is 18.6. The Bertz CT molecular complexity index is 414. The highest BCUT2D eigenvalue weighted by Gasteiger charge is 2.25. The second kappa shape index (κ2) is 6.06. The van der Waals surface area contributed by atoms with E-state index in [1.54, 1.807) is 4.90 Å². The molecule has 1 aliphatic heterocycles. The van der Waals surface area contributed by atoms with Crippen LogP contribution in [-0.2, 0) is 10.0 Å². The van der Waals surface area contributed by atoms with E-state index in [-0.39, 0.29) is 12.1 Å². The summed E-state index contributed by atoms with van der Waals surface area (Å²) in [6.45, 7) is 5.50. The number of hydrogen-bond acceptors (Lipinski definition) is 4. The third-order valence-electron chi connectivity index (χ3n) is 3.10. The highest BCUT2D eigenvalue weighted by molar-refractivity contribution is 7.88. The predicted molar refractivity (Wildman–Crippen MR) is 74.2 cm³/mol. The number of primary amides is 1. The van der Waals surface area contributed by atoms with Crippen LogP contribution in [0.1, 0.15) is 26.7 Å². The van der Waals surface area contributed by atoms with Gasteiger partial charge in [0.15, 0.2) is 0 Å². The average molecular weight is 292 g/mol. The molecule has 0 bridgehead atoms. The molecule has 1 heterocycles. The number of amides is 2. The van der Waals surface area contributed by atoms with Gasteiger partial charge in [-0.3, -0.25) is 0 Å². The van der Waals surface area contributed by atoms with Crippen molar-refractivity contribution in [2.75, 3.05) is 25.9 Å². The molecule has 0 spiro atoms. The van der Waals surface area contributed by atoms with Gasteiger partial charge in [0.2, 0.25) is 10.0 Å². The number of piperidine rings is 1. The molecular formula is C11H24N4O3S. The van der Waals surface area contributed by atoms with Crippen LogP contribution in [0.2, 0.25) is 0 Å². The van der Waals surface area contributed by atoms with Crippen LogP contribution in [0.3, 0.4) is 0 Å². The summed E-state index contributed by atoms with van der Waals surface area (Å²) in [7, 11) is -3.21. The highest BCUT2D eigenvalue weighted by atomic mass is 32.2. The van der Waals surface area contributed by atoms with E-state index in [1.807, 2.05) is 13.8 Å². The Labute approximate surface area is 115 Å². The Hall–Kier alpha value is -0.860. The van der Waals surface area contributed by atoms with Gasteiger partial charge in [-0.15, -0.1) is 0 Å². The minimum Gasteiger partial charge on any atom is -0.351 e. The van der Waals surface area contributed by atoms with Gasteiger partial charge < -0.3 is 16.0 Å². The Morgan fingerprint density at radius 3 is 2.32 bits per heavy atom. The maximum Gasteiger partial charge on any atom is 0.314 e. The number of urea groups is 1. The number of nitrogens with one attached hydrogen (secondary N) is 2. The highest BCUT2D eigenvalue weighted by Crippen LogP contribution is 2.11. The summed E-state index contributed by atoms with van der Waals surface area (Å²) >= 11 is 0. The van der Waals surface area contributed by atoms with Gasteiger partial charge in [0.05, 0.1) is 6.26 Å². The number of likely N-dealkylation sites (tertiary alicyclic amines) is 1. The molecule has 19 heavy (non-hydrogen) atoms. The molecule has 2 amide bonds. The van der Waals surface area contributed by atoms with Gasteiger partial charge in [-0.05, 0) is 26.7 Å². The van der Waals surface area contributed by atoms with Crippen LogP contribution in [0, 0.1) is 0 Å². The van der Waals surface area contributed by atoms with E-state index in [9.17, 15) is 13.2 Å². The molecule has 0 radical (unpaired) electrons. The van der Waals surface area contributed by atoms with Crippen LogP contribution in [0.4, 0.5) is 4.79 Å². The van der Waals surface area contributed by atoms with Gasteiger partial charge in [-0.2, -0.15) is 0 Å². The first-order valence-electron chi connectivity index (χ1n) is 6.36. The summed E-state index contributed by atoms with van der Waals surface area (Å²) in [5.41, 5.74) is 4.68. The minimum atomic E-state index is -3.21. The number of carbonyl (C=O) groups excluding carboxylic acids is 1. The van der Waals surface area contributed by atoms with E-state index < -0.39 is 15.6 Å². The van der Waals surface area contributed by atoms with Crippen molar-refractivity contribution in [2.45, 2.75) is 38.3 Å². The first kappa shape index (κ1) is 16.2. The molecule has 112 valence electrons. The largest absolute Gasteiger partial charge is 0.351 e. The van der Waals surface area contributed by atoms with E-state index in [0.717, 1.165) is 19.1 Å². The van der Waals surface area contributed by atoms with Crippen molar-refractivity contribution in [2.24, 2.45) is 5.73 Å². The number of sulfonamides is 1. The number of rotatable bonds is 5. The number of nitrogens with zero attached hydrogens (tertiary/aromatic N) is 1. The fraction of sp³-hybridized carbons (Fsp3) is 0.909. The molecule has 1 rings (SSSR count). The second-order valence-corrected chi connectivity index (χ2v) is 7.49. The molecule has 1 fully saturated rings.